The lowest BCUT2D eigenvalue weighted by atomic mass is 10.1. The number of hydrogen-bond acceptors (Lipinski definition) is 3. The Labute approximate surface area is 102 Å². The summed E-state index contributed by atoms with van der Waals surface area (Å²) in [5.41, 5.74) is 0.584. The quantitative estimate of drug-likeness (QED) is 0.894. The van der Waals surface area contributed by atoms with E-state index in [1.54, 1.807) is 13.8 Å². The van der Waals surface area contributed by atoms with Crippen LogP contribution >= 0.6 is 11.3 Å². The molecule has 0 radical (unpaired) electrons. The number of aliphatic hydroxyl groups excluding tert-OH is 1. The van der Waals surface area contributed by atoms with Crippen LogP contribution in [0.25, 0.3) is 0 Å². The number of aromatic nitrogens is 1. The molecule has 1 aromatic heterocycles. The summed E-state index contributed by atoms with van der Waals surface area (Å²) in [4.78, 5) is 4.70. The average molecular weight is 255 g/mol. The third-order valence-corrected chi connectivity index (χ3v) is 3.57. The molecule has 17 heavy (non-hydrogen) atoms. The average Bonchev–Trinajstić information content (AvgIpc) is 2.60. The van der Waals surface area contributed by atoms with E-state index >= 15 is 0 Å². The zero-order valence-corrected chi connectivity index (χ0v) is 10.2. The number of hydrogen-bond donors (Lipinski definition) is 1. The molecule has 0 bridgehead atoms. The van der Waals surface area contributed by atoms with Gasteiger partial charge in [0.25, 0.3) is 0 Å². The molecule has 0 fully saturated rings. The summed E-state index contributed by atoms with van der Waals surface area (Å²) in [6, 6.07) is 3.04. The number of halogens is 2. The summed E-state index contributed by atoms with van der Waals surface area (Å²) in [6.07, 6.45) is -1.17. The summed E-state index contributed by atoms with van der Waals surface area (Å²) >= 11 is 1.28. The molecule has 5 heteroatoms. The number of rotatable bonds is 2. The lowest BCUT2D eigenvalue weighted by Crippen LogP contribution is -2.03. The van der Waals surface area contributed by atoms with Crippen molar-refractivity contribution >= 4 is 11.3 Å². The lowest BCUT2D eigenvalue weighted by molar-refractivity contribution is 0.217. The molecular weight excluding hydrogens is 244 g/mol. The van der Waals surface area contributed by atoms with Crippen LogP contribution in [0.15, 0.2) is 18.2 Å². The van der Waals surface area contributed by atoms with Gasteiger partial charge in [-0.25, -0.2) is 13.8 Å². The summed E-state index contributed by atoms with van der Waals surface area (Å²) in [6.45, 7) is 3.54. The Morgan fingerprint density at radius 2 is 2.00 bits per heavy atom. The van der Waals surface area contributed by atoms with Crippen LogP contribution in [0.1, 0.15) is 27.2 Å². The van der Waals surface area contributed by atoms with Crippen LogP contribution in [0.5, 0.6) is 0 Å². The molecular formula is C12H11F2NOS. The van der Waals surface area contributed by atoms with Crippen molar-refractivity contribution in [1.29, 1.82) is 0 Å². The molecule has 2 aromatic rings. The zero-order chi connectivity index (χ0) is 12.6. The minimum atomic E-state index is -1.17. The van der Waals surface area contributed by atoms with E-state index in [9.17, 15) is 13.9 Å². The monoisotopic (exact) mass is 255 g/mol. The summed E-state index contributed by atoms with van der Waals surface area (Å²) in [5, 5.41) is 10.8. The molecule has 1 aromatic carbocycles. The molecule has 1 N–H and O–H groups in total. The van der Waals surface area contributed by atoms with E-state index in [-0.39, 0.29) is 5.56 Å². The van der Waals surface area contributed by atoms with Crippen LogP contribution in [0, 0.1) is 25.5 Å². The first-order valence-electron chi connectivity index (χ1n) is 5.06. The van der Waals surface area contributed by atoms with Gasteiger partial charge in [-0.3, -0.25) is 0 Å². The minimum Gasteiger partial charge on any atom is -0.383 e. The van der Waals surface area contributed by atoms with Crippen LogP contribution in [0.4, 0.5) is 8.78 Å². The Bertz CT molecular complexity index is 553. The van der Waals surface area contributed by atoms with Crippen LogP contribution in [-0.4, -0.2) is 10.1 Å². The standard InChI is InChI=1S/C12H11F2NOS/c1-6-12(17-7(2)15-6)11(16)9-5-8(13)3-4-10(9)14/h3-5,11,16H,1-2H3. The third kappa shape index (κ3) is 2.35. The molecule has 90 valence electrons. The van der Waals surface area contributed by atoms with E-state index in [4.69, 9.17) is 0 Å². The zero-order valence-electron chi connectivity index (χ0n) is 9.37. The van der Waals surface area contributed by atoms with E-state index < -0.39 is 17.7 Å². The highest BCUT2D eigenvalue weighted by Gasteiger charge is 2.20. The van der Waals surface area contributed by atoms with Crippen LogP contribution in [-0.2, 0) is 0 Å². The second kappa shape index (κ2) is 4.50. The Kier molecular flexibility index (Phi) is 3.22. The Hall–Kier alpha value is -1.33. The van der Waals surface area contributed by atoms with Gasteiger partial charge >= 0.3 is 0 Å². The van der Waals surface area contributed by atoms with Gasteiger partial charge in [-0.1, -0.05) is 0 Å². The molecule has 0 spiro atoms. The van der Waals surface area contributed by atoms with Crippen molar-refractivity contribution in [3.05, 3.63) is 51.0 Å². The third-order valence-electron chi connectivity index (χ3n) is 2.44. The Morgan fingerprint density at radius 3 is 2.59 bits per heavy atom. The predicted octanol–water partition coefficient (Wildman–Crippen LogP) is 3.12. The summed E-state index contributed by atoms with van der Waals surface area (Å²) in [7, 11) is 0. The van der Waals surface area contributed by atoms with Gasteiger partial charge in [0, 0.05) is 5.56 Å². The van der Waals surface area contributed by atoms with Gasteiger partial charge < -0.3 is 5.11 Å². The molecule has 0 amide bonds. The van der Waals surface area contributed by atoms with Gasteiger partial charge in [0.05, 0.1) is 15.6 Å². The number of aliphatic hydroxyl groups is 1. The van der Waals surface area contributed by atoms with Crippen LogP contribution in [0.3, 0.4) is 0 Å². The maximum absolute atomic E-state index is 13.5. The van der Waals surface area contributed by atoms with Gasteiger partial charge in [-0.2, -0.15) is 0 Å². The van der Waals surface area contributed by atoms with E-state index in [0.717, 1.165) is 23.2 Å². The van der Waals surface area contributed by atoms with Gasteiger partial charge in [-0.15, -0.1) is 11.3 Å². The Morgan fingerprint density at radius 1 is 1.29 bits per heavy atom. The summed E-state index contributed by atoms with van der Waals surface area (Å²) < 4.78 is 26.5. The number of benzene rings is 1. The molecule has 2 rings (SSSR count). The molecule has 0 saturated carbocycles. The van der Waals surface area contributed by atoms with E-state index in [1.807, 2.05) is 0 Å². The fourth-order valence-electron chi connectivity index (χ4n) is 1.67. The maximum Gasteiger partial charge on any atom is 0.129 e. The number of nitrogens with zero attached hydrogens (tertiary/aromatic N) is 1. The molecule has 0 aliphatic rings. The number of aryl methyl sites for hydroxylation is 2. The van der Waals surface area contributed by atoms with E-state index in [1.165, 1.54) is 11.3 Å². The van der Waals surface area contributed by atoms with Crippen LogP contribution < -0.4 is 0 Å². The predicted molar refractivity (Wildman–Crippen MR) is 62.0 cm³/mol. The second-order valence-corrected chi connectivity index (χ2v) is 4.99. The minimum absolute atomic E-state index is 0.0586. The van der Waals surface area contributed by atoms with Gasteiger partial charge in [-0.05, 0) is 32.0 Å². The summed E-state index contributed by atoms with van der Waals surface area (Å²) in [5.74, 6) is -1.19. The molecule has 0 aliphatic carbocycles. The molecule has 0 aliphatic heterocycles. The lowest BCUT2D eigenvalue weighted by Gasteiger charge is -2.10. The van der Waals surface area contributed by atoms with Crippen molar-refractivity contribution in [2.75, 3.05) is 0 Å². The number of thiazole rings is 1. The normalized spacial score (nSPS) is 12.8. The first-order valence-corrected chi connectivity index (χ1v) is 5.87. The first kappa shape index (κ1) is 12.1. The van der Waals surface area contributed by atoms with Crippen molar-refractivity contribution in [2.24, 2.45) is 0 Å². The van der Waals surface area contributed by atoms with Crippen molar-refractivity contribution < 1.29 is 13.9 Å². The smallest absolute Gasteiger partial charge is 0.129 e. The first-order chi connectivity index (χ1) is 7.99. The highest BCUT2D eigenvalue weighted by Crippen LogP contribution is 2.31. The SMILES string of the molecule is Cc1nc(C)c(C(O)c2cc(F)ccc2F)s1. The Balaban J connectivity index is 2.46. The fourth-order valence-corrected chi connectivity index (χ4v) is 2.60. The van der Waals surface area contributed by atoms with E-state index in [2.05, 4.69) is 4.98 Å². The fraction of sp³-hybridized carbons (Fsp3) is 0.250. The molecule has 1 unspecified atom stereocenters. The van der Waals surface area contributed by atoms with Gasteiger partial charge in [0.15, 0.2) is 0 Å². The van der Waals surface area contributed by atoms with Gasteiger partial charge in [0.2, 0.25) is 0 Å². The van der Waals surface area contributed by atoms with Gasteiger partial charge in [0.1, 0.15) is 17.7 Å². The van der Waals surface area contributed by atoms with E-state index in [0.29, 0.717) is 10.6 Å². The van der Waals surface area contributed by atoms with Crippen molar-refractivity contribution in [3.63, 3.8) is 0 Å². The van der Waals surface area contributed by atoms with Crippen molar-refractivity contribution in [2.45, 2.75) is 20.0 Å². The molecule has 1 heterocycles. The second-order valence-electron chi connectivity index (χ2n) is 3.75. The van der Waals surface area contributed by atoms with Crippen LogP contribution in [0.2, 0.25) is 0 Å². The highest BCUT2D eigenvalue weighted by molar-refractivity contribution is 7.11. The molecule has 1 atom stereocenters. The molecule has 2 nitrogen and oxygen atoms in total. The van der Waals surface area contributed by atoms with Crippen molar-refractivity contribution in [1.82, 2.24) is 4.98 Å². The maximum atomic E-state index is 13.5. The van der Waals surface area contributed by atoms with Crippen molar-refractivity contribution in [3.8, 4) is 0 Å². The largest absolute Gasteiger partial charge is 0.383 e. The highest BCUT2D eigenvalue weighted by atomic mass is 32.1. The topological polar surface area (TPSA) is 33.1 Å². The molecule has 0 saturated heterocycles.